The SMILES string of the molecule is O=[N+]([O-])c1cccnc1ON=C(c1cccs1)c1cccs1. The summed E-state index contributed by atoms with van der Waals surface area (Å²) in [4.78, 5) is 21.4. The highest BCUT2D eigenvalue weighted by Crippen LogP contribution is 2.25. The molecule has 22 heavy (non-hydrogen) atoms. The van der Waals surface area contributed by atoms with Crippen LogP contribution in [0.3, 0.4) is 0 Å². The average Bonchev–Trinajstić information content (AvgIpc) is 3.21. The van der Waals surface area contributed by atoms with E-state index in [2.05, 4.69) is 10.1 Å². The van der Waals surface area contributed by atoms with Crippen molar-refractivity contribution in [2.24, 2.45) is 5.16 Å². The van der Waals surface area contributed by atoms with Crippen molar-refractivity contribution in [3.05, 3.63) is 73.2 Å². The first-order valence-electron chi connectivity index (χ1n) is 6.18. The molecule has 3 aromatic heterocycles. The molecule has 110 valence electrons. The third-order valence-corrected chi connectivity index (χ3v) is 4.43. The van der Waals surface area contributed by atoms with Crippen LogP contribution in [0.2, 0.25) is 0 Å². The van der Waals surface area contributed by atoms with Gasteiger partial charge in [-0.05, 0) is 29.0 Å². The van der Waals surface area contributed by atoms with Gasteiger partial charge < -0.3 is 4.84 Å². The van der Waals surface area contributed by atoms with Gasteiger partial charge in [-0.3, -0.25) is 10.1 Å². The molecule has 0 amide bonds. The topological polar surface area (TPSA) is 77.6 Å². The Morgan fingerprint density at radius 2 is 1.82 bits per heavy atom. The molecule has 0 N–H and O–H groups in total. The summed E-state index contributed by atoms with van der Waals surface area (Å²) in [7, 11) is 0. The summed E-state index contributed by atoms with van der Waals surface area (Å²) < 4.78 is 0. The first kappa shape index (κ1) is 14.4. The van der Waals surface area contributed by atoms with E-state index >= 15 is 0 Å². The highest BCUT2D eigenvalue weighted by atomic mass is 32.1. The van der Waals surface area contributed by atoms with E-state index in [1.165, 1.54) is 41.0 Å². The first-order valence-corrected chi connectivity index (χ1v) is 7.94. The summed E-state index contributed by atoms with van der Waals surface area (Å²) in [5.74, 6) is -0.127. The lowest BCUT2D eigenvalue weighted by Gasteiger charge is -2.02. The van der Waals surface area contributed by atoms with Crippen molar-refractivity contribution < 1.29 is 9.76 Å². The number of oxime groups is 1. The zero-order valence-corrected chi connectivity index (χ0v) is 12.7. The van der Waals surface area contributed by atoms with Crippen LogP contribution in [0.1, 0.15) is 9.75 Å². The van der Waals surface area contributed by atoms with Gasteiger partial charge in [0.15, 0.2) is 0 Å². The minimum Gasteiger partial charge on any atom is -0.328 e. The van der Waals surface area contributed by atoms with Crippen LogP contribution in [-0.2, 0) is 0 Å². The minimum atomic E-state index is -0.548. The van der Waals surface area contributed by atoms with Gasteiger partial charge in [0.05, 0.1) is 14.7 Å². The van der Waals surface area contributed by atoms with E-state index in [0.717, 1.165) is 9.75 Å². The fraction of sp³-hybridized carbons (Fsp3) is 0. The molecule has 0 unspecified atom stereocenters. The van der Waals surface area contributed by atoms with Crippen molar-refractivity contribution in [2.75, 3.05) is 0 Å². The van der Waals surface area contributed by atoms with E-state index < -0.39 is 4.92 Å². The van der Waals surface area contributed by atoms with Gasteiger partial charge in [-0.15, -0.1) is 22.7 Å². The van der Waals surface area contributed by atoms with Crippen molar-refractivity contribution in [1.82, 2.24) is 4.98 Å². The highest BCUT2D eigenvalue weighted by molar-refractivity contribution is 7.15. The largest absolute Gasteiger partial charge is 0.333 e. The summed E-state index contributed by atoms with van der Waals surface area (Å²) >= 11 is 3.03. The van der Waals surface area contributed by atoms with Gasteiger partial charge in [0.2, 0.25) is 0 Å². The molecule has 0 saturated heterocycles. The second kappa shape index (κ2) is 6.46. The molecule has 0 atom stereocenters. The number of rotatable bonds is 5. The predicted octanol–water partition coefficient (Wildman–Crippen LogP) is 3.94. The van der Waals surface area contributed by atoms with E-state index in [1.807, 2.05) is 35.0 Å². The fourth-order valence-electron chi connectivity index (χ4n) is 1.72. The van der Waals surface area contributed by atoms with E-state index in [4.69, 9.17) is 4.84 Å². The lowest BCUT2D eigenvalue weighted by molar-refractivity contribution is -0.386. The lowest BCUT2D eigenvalue weighted by Crippen LogP contribution is -2.03. The molecule has 0 aromatic carbocycles. The molecule has 3 heterocycles. The molecule has 0 saturated carbocycles. The van der Waals surface area contributed by atoms with Crippen LogP contribution in [0, 0.1) is 10.1 Å². The second-order valence-electron chi connectivity index (χ2n) is 4.07. The molecule has 0 spiro atoms. The van der Waals surface area contributed by atoms with Gasteiger partial charge in [0, 0.05) is 12.3 Å². The smallest absolute Gasteiger partial charge is 0.328 e. The van der Waals surface area contributed by atoms with Crippen LogP contribution in [0.25, 0.3) is 0 Å². The summed E-state index contributed by atoms with van der Waals surface area (Å²) in [6.07, 6.45) is 1.42. The molecule has 0 bridgehead atoms. The number of hydrogen-bond donors (Lipinski definition) is 0. The van der Waals surface area contributed by atoms with Crippen LogP contribution in [-0.4, -0.2) is 15.6 Å². The fourth-order valence-corrected chi connectivity index (χ4v) is 3.22. The standard InChI is InChI=1S/C14H9N3O3S2/c18-17(19)10-4-1-7-15-14(10)20-16-13(11-5-2-8-21-11)12-6-3-9-22-12/h1-9H. The lowest BCUT2D eigenvalue weighted by atomic mass is 10.2. The molecule has 0 aliphatic carbocycles. The van der Waals surface area contributed by atoms with Crippen molar-refractivity contribution in [1.29, 1.82) is 0 Å². The first-order chi connectivity index (χ1) is 10.8. The van der Waals surface area contributed by atoms with Gasteiger partial charge in [-0.2, -0.15) is 0 Å². The van der Waals surface area contributed by atoms with Crippen molar-refractivity contribution in [3.8, 4) is 5.88 Å². The molecule has 3 rings (SSSR count). The number of hydrogen-bond acceptors (Lipinski definition) is 7. The number of pyridine rings is 1. The van der Waals surface area contributed by atoms with Crippen molar-refractivity contribution in [2.45, 2.75) is 0 Å². The Hall–Kier alpha value is -2.58. The maximum atomic E-state index is 11.0. The van der Waals surface area contributed by atoms with E-state index in [0.29, 0.717) is 5.71 Å². The molecule has 6 nitrogen and oxygen atoms in total. The Morgan fingerprint density at radius 3 is 2.36 bits per heavy atom. The van der Waals surface area contributed by atoms with Crippen LogP contribution < -0.4 is 4.84 Å². The quantitative estimate of drug-likeness (QED) is 0.403. The van der Waals surface area contributed by atoms with Gasteiger partial charge >= 0.3 is 11.6 Å². The van der Waals surface area contributed by atoms with Gasteiger partial charge in [-0.25, -0.2) is 4.98 Å². The highest BCUT2D eigenvalue weighted by Gasteiger charge is 2.17. The number of nitrogens with zero attached hydrogens (tertiary/aromatic N) is 3. The molecule has 8 heteroatoms. The minimum absolute atomic E-state index is 0.127. The van der Waals surface area contributed by atoms with Crippen LogP contribution in [0.5, 0.6) is 5.88 Å². The summed E-state index contributed by atoms with van der Waals surface area (Å²) in [5.41, 5.74) is 0.410. The Labute approximate surface area is 133 Å². The Bertz CT molecular complexity index is 762. The molecule has 0 fully saturated rings. The Balaban J connectivity index is 1.97. The van der Waals surface area contributed by atoms with Crippen molar-refractivity contribution in [3.63, 3.8) is 0 Å². The van der Waals surface area contributed by atoms with Crippen LogP contribution >= 0.6 is 22.7 Å². The maximum absolute atomic E-state index is 11.0. The zero-order chi connectivity index (χ0) is 15.4. The summed E-state index contributed by atoms with van der Waals surface area (Å²) in [6.45, 7) is 0. The summed E-state index contributed by atoms with van der Waals surface area (Å²) in [5, 5.41) is 18.9. The molecule has 0 radical (unpaired) electrons. The van der Waals surface area contributed by atoms with Crippen LogP contribution in [0.15, 0.2) is 58.5 Å². The van der Waals surface area contributed by atoms with Crippen molar-refractivity contribution >= 4 is 34.1 Å². The monoisotopic (exact) mass is 331 g/mol. The van der Waals surface area contributed by atoms with E-state index in [9.17, 15) is 10.1 Å². The van der Waals surface area contributed by atoms with E-state index in [-0.39, 0.29) is 11.6 Å². The van der Waals surface area contributed by atoms with Gasteiger partial charge in [-0.1, -0.05) is 17.3 Å². The van der Waals surface area contributed by atoms with Crippen LogP contribution in [0.4, 0.5) is 5.69 Å². The Kier molecular flexibility index (Phi) is 4.22. The molecule has 0 aliphatic rings. The maximum Gasteiger partial charge on any atom is 0.333 e. The summed E-state index contributed by atoms with van der Waals surface area (Å²) in [6, 6.07) is 10.5. The van der Waals surface area contributed by atoms with Gasteiger partial charge in [0.25, 0.3) is 0 Å². The zero-order valence-electron chi connectivity index (χ0n) is 11.1. The molecular weight excluding hydrogens is 322 g/mol. The Morgan fingerprint density at radius 1 is 1.14 bits per heavy atom. The average molecular weight is 331 g/mol. The third kappa shape index (κ3) is 3.02. The number of aromatic nitrogens is 1. The molecule has 3 aromatic rings. The second-order valence-corrected chi connectivity index (χ2v) is 5.97. The molecule has 0 aliphatic heterocycles. The number of nitro groups is 1. The molecular formula is C14H9N3O3S2. The van der Waals surface area contributed by atoms with E-state index in [1.54, 1.807) is 0 Å². The normalized spacial score (nSPS) is 10.2. The van der Waals surface area contributed by atoms with Gasteiger partial charge in [0.1, 0.15) is 5.71 Å². The number of thiophene rings is 2. The third-order valence-electron chi connectivity index (χ3n) is 2.68. The predicted molar refractivity (Wildman–Crippen MR) is 85.8 cm³/mol.